The molecule has 2 rings (SSSR count). The zero-order valence-corrected chi connectivity index (χ0v) is 12.5. The molecule has 0 saturated carbocycles. The highest BCUT2D eigenvalue weighted by atomic mass is 32.2. The molecule has 2 aromatic heterocycles. The second-order valence-electron chi connectivity index (χ2n) is 3.82. The van der Waals surface area contributed by atoms with Crippen LogP contribution in [0.5, 0.6) is 0 Å². The predicted octanol–water partition coefficient (Wildman–Crippen LogP) is 1.80. The average Bonchev–Trinajstić information content (AvgIpc) is 2.99. The van der Waals surface area contributed by atoms with Gasteiger partial charge in [-0.25, -0.2) is 8.42 Å². The van der Waals surface area contributed by atoms with Crippen molar-refractivity contribution in [3.05, 3.63) is 41.2 Å². The summed E-state index contributed by atoms with van der Waals surface area (Å²) in [6.07, 6.45) is 1.51. The van der Waals surface area contributed by atoms with E-state index in [1.54, 1.807) is 18.2 Å². The van der Waals surface area contributed by atoms with Crippen LogP contribution in [0.3, 0.4) is 0 Å². The third-order valence-electron chi connectivity index (χ3n) is 2.45. The van der Waals surface area contributed by atoms with Crippen molar-refractivity contribution in [3.63, 3.8) is 0 Å². The standard InChI is InChI=1S/C11H12N2O3S3/c1-13(7-8-3-2-6-16-8)19(14,15)10-5-4-9(18-10)11(12)17/h2-6H,7H2,1H3,(H2,12,17). The highest BCUT2D eigenvalue weighted by Gasteiger charge is 2.24. The second kappa shape index (κ2) is 5.41. The van der Waals surface area contributed by atoms with E-state index in [2.05, 4.69) is 0 Å². The topological polar surface area (TPSA) is 76.5 Å². The summed E-state index contributed by atoms with van der Waals surface area (Å²) in [5, 5.41) is 0. The summed E-state index contributed by atoms with van der Waals surface area (Å²) in [6.45, 7) is 0.176. The van der Waals surface area contributed by atoms with Crippen molar-refractivity contribution < 1.29 is 12.8 Å². The number of furan rings is 1. The molecule has 0 aliphatic rings. The number of rotatable bonds is 5. The van der Waals surface area contributed by atoms with Crippen LogP contribution in [0.1, 0.15) is 10.6 Å². The van der Waals surface area contributed by atoms with Crippen molar-refractivity contribution in [2.75, 3.05) is 7.05 Å². The van der Waals surface area contributed by atoms with Gasteiger partial charge in [-0.3, -0.25) is 0 Å². The lowest BCUT2D eigenvalue weighted by Gasteiger charge is -2.14. The third kappa shape index (κ3) is 3.03. The number of sulfonamides is 1. The van der Waals surface area contributed by atoms with Gasteiger partial charge >= 0.3 is 0 Å². The molecule has 19 heavy (non-hydrogen) atoms. The quantitative estimate of drug-likeness (QED) is 0.851. The molecule has 2 aromatic rings. The average molecular weight is 316 g/mol. The lowest BCUT2D eigenvalue weighted by Crippen LogP contribution is -2.25. The van der Waals surface area contributed by atoms with Crippen LogP contribution in [0.4, 0.5) is 0 Å². The van der Waals surface area contributed by atoms with Gasteiger partial charge in [0.15, 0.2) is 0 Å². The Hall–Kier alpha value is -1.22. The molecule has 102 valence electrons. The summed E-state index contributed by atoms with van der Waals surface area (Å²) in [5.74, 6) is 0.581. The van der Waals surface area contributed by atoms with Crippen molar-refractivity contribution in [2.45, 2.75) is 10.8 Å². The Kier molecular flexibility index (Phi) is 4.04. The van der Waals surface area contributed by atoms with E-state index in [9.17, 15) is 8.42 Å². The maximum Gasteiger partial charge on any atom is 0.252 e. The predicted molar refractivity (Wildman–Crippen MR) is 77.6 cm³/mol. The van der Waals surface area contributed by atoms with Crippen molar-refractivity contribution in [3.8, 4) is 0 Å². The summed E-state index contributed by atoms with van der Waals surface area (Å²) >= 11 is 5.88. The Bertz CT molecular complexity index is 674. The van der Waals surface area contributed by atoms with Crippen molar-refractivity contribution in [1.82, 2.24) is 4.31 Å². The van der Waals surface area contributed by atoms with E-state index < -0.39 is 10.0 Å². The van der Waals surface area contributed by atoms with Crippen molar-refractivity contribution in [1.29, 1.82) is 0 Å². The van der Waals surface area contributed by atoms with E-state index in [-0.39, 0.29) is 15.7 Å². The molecule has 0 aromatic carbocycles. The Morgan fingerprint density at radius 3 is 2.74 bits per heavy atom. The van der Waals surface area contributed by atoms with Gasteiger partial charge in [0.2, 0.25) is 0 Å². The molecule has 2 N–H and O–H groups in total. The van der Waals surface area contributed by atoms with Crippen LogP contribution >= 0.6 is 23.6 Å². The van der Waals surface area contributed by atoms with Gasteiger partial charge in [-0.15, -0.1) is 11.3 Å². The van der Waals surface area contributed by atoms with Crippen LogP contribution in [0.2, 0.25) is 0 Å². The van der Waals surface area contributed by atoms with Crippen molar-refractivity contribution >= 4 is 38.6 Å². The minimum Gasteiger partial charge on any atom is -0.468 e. The Morgan fingerprint density at radius 2 is 2.21 bits per heavy atom. The molecule has 2 heterocycles. The number of thiocarbonyl (C=S) groups is 1. The van der Waals surface area contributed by atoms with Crippen LogP contribution in [0.25, 0.3) is 0 Å². The van der Waals surface area contributed by atoms with Gasteiger partial charge in [-0.2, -0.15) is 4.31 Å². The Labute approximate surface area is 120 Å². The van der Waals surface area contributed by atoms with Crippen LogP contribution < -0.4 is 5.73 Å². The fraction of sp³-hybridized carbons (Fsp3) is 0.182. The number of nitrogens with two attached hydrogens (primary N) is 1. The summed E-state index contributed by atoms with van der Waals surface area (Å²) in [7, 11) is -2.05. The Balaban J connectivity index is 2.23. The summed E-state index contributed by atoms with van der Waals surface area (Å²) in [6, 6.07) is 6.56. The monoisotopic (exact) mass is 316 g/mol. The molecule has 0 bridgehead atoms. The maximum atomic E-state index is 12.3. The lowest BCUT2D eigenvalue weighted by atomic mass is 10.4. The smallest absolute Gasteiger partial charge is 0.252 e. The first kappa shape index (κ1) is 14.2. The van der Waals surface area contributed by atoms with E-state index in [0.29, 0.717) is 10.6 Å². The van der Waals surface area contributed by atoms with Gasteiger partial charge in [0.1, 0.15) is 15.0 Å². The minimum atomic E-state index is -3.55. The number of nitrogens with zero attached hydrogens (tertiary/aromatic N) is 1. The first-order valence-corrected chi connectivity index (χ1v) is 7.96. The number of hydrogen-bond acceptors (Lipinski definition) is 5. The molecule has 8 heteroatoms. The van der Waals surface area contributed by atoms with E-state index >= 15 is 0 Å². The first-order chi connectivity index (χ1) is 8.91. The molecule has 0 unspecified atom stereocenters. The lowest BCUT2D eigenvalue weighted by molar-refractivity contribution is 0.407. The molecular weight excluding hydrogens is 304 g/mol. The van der Waals surface area contributed by atoms with Crippen LogP contribution in [0.15, 0.2) is 39.2 Å². The van der Waals surface area contributed by atoms with Gasteiger partial charge < -0.3 is 10.2 Å². The zero-order chi connectivity index (χ0) is 14.0. The van der Waals surface area contributed by atoms with E-state index in [4.69, 9.17) is 22.4 Å². The molecule has 0 saturated heterocycles. The first-order valence-electron chi connectivity index (χ1n) is 5.29. The molecule has 0 aliphatic heterocycles. The zero-order valence-electron chi connectivity index (χ0n) is 10.1. The van der Waals surface area contributed by atoms with Crippen molar-refractivity contribution in [2.24, 2.45) is 5.73 Å². The molecular formula is C11H12N2O3S3. The molecule has 0 radical (unpaired) electrons. The number of thiophene rings is 1. The van der Waals surface area contributed by atoms with Gasteiger partial charge in [0, 0.05) is 7.05 Å². The molecule has 0 spiro atoms. The van der Waals surface area contributed by atoms with E-state index in [0.717, 1.165) is 11.3 Å². The third-order valence-corrected chi connectivity index (χ3v) is 6.19. The van der Waals surface area contributed by atoms with Gasteiger partial charge in [-0.1, -0.05) is 12.2 Å². The Morgan fingerprint density at radius 1 is 1.47 bits per heavy atom. The van der Waals surface area contributed by atoms with Crippen LogP contribution in [0, 0.1) is 0 Å². The molecule has 0 aliphatic carbocycles. The largest absolute Gasteiger partial charge is 0.468 e. The fourth-order valence-electron chi connectivity index (χ4n) is 1.45. The highest BCUT2D eigenvalue weighted by Crippen LogP contribution is 2.25. The molecule has 5 nitrogen and oxygen atoms in total. The summed E-state index contributed by atoms with van der Waals surface area (Å²) < 4.78 is 31.2. The highest BCUT2D eigenvalue weighted by molar-refractivity contribution is 7.91. The normalized spacial score (nSPS) is 11.9. The van der Waals surface area contributed by atoms with Gasteiger partial charge in [0.25, 0.3) is 10.0 Å². The second-order valence-corrected chi connectivity index (χ2v) is 7.62. The molecule has 0 fully saturated rings. The van der Waals surface area contributed by atoms with E-state index in [1.807, 2.05) is 0 Å². The minimum absolute atomic E-state index is 0.176. The number of hydrogen-bond donors (Lipinski definition) is 1. The van der Waals surface area contributed by atoms with Crippen LogP contribution in [-0.4, -0.2) is 24.8 Å². The molecule has 0 amide bonds. The van der Waals surface area contributed by atoms with Gasteiger partial charge in [-0.05, 0) is 24.3 Å². The SMILES string of the molecule is CN(Cc1ccco1)S(=O)(=O)c1ccc(C(N)=S)s1. The van der Waals surface area contributed by atoms with Crippen LogP contribution in [-0.2, 0) is 16.6 Å². The molecule has 0 atom stereocenters. The summed E-state index contributed by atoms with van der Waals surface area (Å²) in [4.78, 5) is 0.778. The summed E-state index contributed by atoms with van der Waals surface area (Å²) in [5.41, 5.74) is 5.47. The van der Waals surface area contributed by atoms with E-state index in [1.165, 1.54) is 23.7 Å². The fourth-order valence-corrected chi connectivity index (χ4v) is 4.15. The van der Waals surface area contributed by atoms with Gasteiger partial charge in [0.05, 0.1) is 17.7 Å². The maximum absolute atomic E-state index is 12.3.